The molecule has 3 aromatic rings. The molecule has 1 aliphatic heterocycles. The molecule has 0 saturated carbocycles. The lowest BCUT2D eigenvalue weighted by Crippen LogP contribution is -2.43. The maximum atomic E-state index is 13.4. The minimum Gasteiger partial charge on any atom is -0.374 e. The minimum absolute atomic E-state index is 0.0840. The topological polar surface area (TPSA) is 61.0 Å². The number of benzene rings is 1. The van der Waals surface area contributed by atoms with E-state index in [1.54, 1.807) is 21.8 Å². The first-order valence-electron chi connectivity index (χ1n) is 8.23. The molecule has 3 heterocycles. The molecule has 8 heteroatoms. The van der Waals surface area contributed by atoms with E-state index < -0.39 is 0 Å². The first-order valence-corrected chi connectivity index (χ1v) is 8.23. The summed E-state index contributed by atoms with van der Waals surface area (Å²) in [6.07, 6.45) is 5.17. The second-order valence-electron chi connectivity index (χ2n) is 6.08. The van der Waals surface area contributed by atoms with Crippen molar-refractivity contribution in [3.63, 3.8) is 0 Å². The Labute approximate surface area is 144 Å². The first kappa shape index (κ1) is 15.9. The Balaban J connectivity index is 1.38. The number of morpholine rings is 1. The maximum absolute atomic E-state index is 13.4. The van der Waals surface area contributed by atoms with Gasteiger partial charge in [0.1, 0.15) is 18.5 Å². The molecule has 7 nitrogen and oxygen atoms in total. The molecule has 2 aromatic heterocycles. The molecule has 1 aliphatic rings. The molecule has 1 atom stereocenters. The van der Waals surface area contributed by atoms with Crippen LogP contribution in [0, 0.1) is 5.82 Å². The van der Waals surface area contributed by atoms with E-state index in [0.29, 0.717) is 13.2 Å². The van der Waals surface area contributed by atoms with Gasteiger partial charge in [-0.1, -0.05) is 6.07 Å². The lowest BCUT2D eigenvalue weighted by molar-refractivity contribution is -0.0406. The van der Waals surface area contributed by atoms with Gasteiger partial charge in [0.25, 0.3) is 0 Å². The summed E-state index contributed by atoms with van der Waals surface area (Å²) in [5.41, 5.74) is 1.67. The predicted octanol–water partition coefficient (Wildman–Crippen LogP) is 1.50. The van der Waals surface area contributed by atoms with Crippen LogP contribution in [0.15, 0.2) is 49.2 Å². The Morgan fingerprint density at radius 1 is 1.28 bits per heavy atom. The number of hydrogen-bond donors (Lipinski definition) is 0. The predicted molar refractivity (Wildman–Crippen MR) is 88.6 cm³/mol. The van der Waals surface area contributed by atoms with Crippen LogP contribution in [0.4, 0.5) is 4.39 Å². The standard InChI is InChI=1S/C17H19FN6O/c18-14-2-1-3-16(8-14)24-5-4-15(21-24)9-22-6-7-25-17(10-22)11-23-13-19-12-20-23/h1-5,8,12-13,17H,6-7,9-11H2/t17-/m0/s1. The molecule has 0 unspecified atom stereocenters. The molecular weight excluding hydrogens is 323 g/mol. The SMILES string of the molecule is Fc1cccc(-n2ccc(CN3CCO[C@H](Cn4cncn4)C3)n2)c1. The minimum atomic E-state index is -0.265. The van der Waals surface area contributed by atoms with Gasteiger partial charge >= 0.3 is 0 Å². The highest BCUT2D eigenvalue weighted by Crippen LogP contribution is 2.13. The summed E-state index contributed by atoms with van der Waals surface area (Å²) in [4.78, 5) is 6.26. The van der Waals surface area contributed by atoms with Crippen molar-refractivity contribution in [2.75, 3.05) is 19.7 Å². The summed E-state index contributed by atoms with van der Waals surface area (Å²) in [6, 6.07) is 8.38. The molecule has 0 amide bonds. The second-order valence-corrected chi connectivity index (χ2v) is 6.08. The molecule has 0 aliphatic carbocycles. The van der Waals surface area contributed by atoms with Crippen LogP contribution >= 0.6 is 0 Å². The summed E-state index contributed by atoms with van der Waals surface area (Å²) in [5, 5.41) is 8.68. The molecule has 130 valence electrons. The lowest BCUT2D eigenvalue weighted by Gasteiger charge is -2.32. The number of ether oxygens (including phenoxy) is 1. The molecule has 0 bridgehead atoms. The second kappa shape index (κ2) is 7.12. The van der Waals surface area contributed by atoms with Crippen LogP contribution in [0.25, 0.3) is 5.69 Å². The Morgan fingerprint density at radius 2 is 2.24 bits per heavy atom. The van der Waals surface area contributed by atoms with Gasteiger partial charge in [0.15, 0.2) is 0 Å². The zero-order valence-corrected chi connectivity index (χ0v) is 13.7. The van der Waals surface area contributed by atoms with E-state index >= 15 is 0 Å². The van der Waals surface area contributed by atoms with Gasteiger partial charge in [-0.05, 0) is 24.3 Å². The fourth-order valence-corrected chi connectivity index (χ4v) is 3.01. The molecule has 1 aromatic carbocycles. The van der Waals surface area contributed by atoms with Crippen molar-refractivity contribution in [2.24, 2.45) is 0 Å². The number of rotatable bonds is 5. The fourth-order valence-electron chi connectivity index (χ4n) is 3.01. The van der Waals surface area contributed by atoms with Gasteiger partial charge in [-0.3, -0.25) is 9.58 Å². The average molecular weight is 342 g/mol. The highest BCUT2D eigenvalue weighted by atomic mass is 19.1. The normalized spacial score (nSPS) is 18.5. The van der Waals surface area contributed by atoms with Gasteiger partial charge in [-0.15, -0.1) is 0 Å². The van der Waals surface area contributed by atoms with Gasteiger partial charge in [-0.2, -0.15) is 10.2 Å². The Bertz CT molecular complexity index is 818. The molecule has 0 N–H and O–H groups in total. The van der Waals surface area contributed by atoms with E-state index in [-0.39, 0.29) is 11.9 Å². The van der Waals surface area contributed by atoms with Gasteiger partial charge in [0.05, 0.1) is 30.6 Å². The van der Waals surface area contributed by atoms with Crippen LogP contribution in [0.5, 0.6) is 0 Å². The van der Waals surface area contributed by atoms with E-state index in [9.17, 15) is 4.39 Å². The lowest BCUT2D eigenvalue weighted by atomic mass is 10.2. The summed E-state index contributed by atoms with van der Waals surface area (Å²) in [6.45, 7) is 3.78. The van der Waals surface area contributed by atoms with Crippen molar-refractivity contribution >= 4 is 0 Å². The summed E-state index contributed by atoms with van der Waals surface area (Å²) >= 11 is 0. The molecule has 0 spiro atoms. The largest absolute Gasteiger partial charge is 0.374 e. The summed E-state index contributed by atoms with van der Waals surface area (Å²) in [5.74, 6) is -0.265. The van der Waals surface area contributed by atoms with E-state index in [4.69, 9.17) is 4.74 Å². The van der Waals surface area contributed by atoms with Crippen molar-refractivity contribution in [1.29, 1.82) is 0 Å². The molecule has 0 radical (unpaired) electrons. The highest BCUT2D eigenvalue weighted by molar-refractivity contribution is 5.31. The van der Waals surface area contributed by atoms with Crippen LogP contribution in [0.1, 0.15) is 5.69 Å². The molecule has 4 rings (SSSR count). The molecular formula is C17H19FN6O. The third-order valence-electron chi connectivity index (χ3n) is 4.18. The van der Waals surface area contributed by atoms with Crippen molar-refractivity contribution < 1.29 is 9.13 Å². The van der Waals surface area contributed by atoms with E-state index in [2.05, 4.69) is 20.1 Å². The Hall–Kier alpha value is -2.58. The van der Waals surface area contributed by atoms with Crippen LogP contribution in [0.3, 0.4) is 0 Å². The number of hydrogen-bond acceptors (Lipinski definition) is 5. The van der Waals surface area contributed by atoms with Crippen LogP contribution in [0.2, 0.25) is 0 Å². The smallest absolute Gasteiger partial charge is 0.137 e. The van der Waals surface area contributed by atoms with Crippen molar-refractivity contribution in [3.05, 3.63) is 60.7 Å². The maximum Gasteiger partial charge on any atom is 0.137 e. The summed E-state index contributed by atoms with van der Waals surface area (Å²) < 4.78 is 22.7. The Kier molecular flexibility index (Phi) is 4.53. The number of nitrogens with zero attached hydrogens (tertiary/aromatic N) is 6. The fraction of sp³-hybridized carbons (Fsp3) is 0.353. The zero-order valence-electron chi connectivity index (χ0n) is 13.7. The summed E-state index contributed by atoms with van der Waals surface area (Å²) in [7, 11) is 0. The van der Waals surface area contributed by atoms with Crippen molar-refractivity contribution in [1.82, 2.24) is 29.4 Å². The third-order valence-corrected chi connectivity index (χ3v) is 4.18. The Morgan fingerprint density at radius 3 is 3.08 bits per heavy atom. The van der Waals surface area contributed by atoms with Gasteiger partial charge < -0.3 is 4.74 Å². The molecule has 1 fully saturated rings. The molecule has 25 heavy (non-hydrogen) atoms. The average Bonchev–Trinajstić information content (AvgIpc) is 3.27. The monoisotopic (exact) mass is 342 g/mol. The number of aromatic nitrogens is 5. The quantitative estimate of drug-likeness (QED) is 0.703. The first-order chi connectivity index (χ1) is 12.3. The third kappa shape index (κ3) is 3.92. The number of halogens is 1. The van der Waals surface area contributed by atoms with Crippen molar-refractivity contribution in [2.45, 2.75) is 19.2 Å². The highest BCUT2D eigenvalue weighted by Gasteiger charge is 2.21. The van der Waals surface area contributed by atoms with E-state index in [1.165, 1.54) is 18.5 Å². The van der Waals surface area contributed by atoms with Crippen LogP contribution < -0.4 is 0 Å². The van der Waals surface area contributed by atoms with Gasteiger partial charge in [-0.25, -0.2) is 14.1 Å². The van der Waals surface area contributed by atoms with Gasteiger partial charge in [0.2, 0.25) is 0 Å². The van der Waals surface area contributed by atoms with Crippen LogP contribution in [-0.2, 0) is 17.8 Å². The van der Waals surface area contributed by atoms with Crippen LogP contribution in [-0.4, -0.2) is 55.2 Å². The zero-order chi connectivity index (χ0) is 17.1. The molecule has 1 saturated heterocycles. The van der Waals surface area contributed by atoms with Crippen molar-refractivity contribution in [3.8, 4) is 5.69 Å². The van der Waals surface area contributed by atoms with E-state index in [1.807, 2.05) is 18.3 Å². The van der Waals surface area contributed by atoms with Gasteiger partial charge in [0, 0.05) is 25.8 Å². The van der Waals surface area contributed by atoms with E-state index in [0.717, 1.165) is 31.0 Å².